The Kier molecular flexibility index (Phi) is 3.43. The maximum absolute atomic E-state index is 10.7. The van der Waals surface area contributed by atoms with Gasteiger partial charge in [-0.15, -0.1) is 0 Å². The zero-order chi connectivity index (χ0) is 11.4. The molecule has 0 aliphatic carbocycles. The van der Waals surface area contributed by atoms with Crippen molar-refractivity contribution in [1.82, 2.24) is 9.97 Å². The number of carbonyl (C=O) groups excluding carboxylic acids is 1. The van der Waals surface area contributed by atoms with Crippen molar-refractivity contribution >= 4 is 17.5 Å². The molecule has 1 amide bonds. The Balaban J connectivity index is 2.92. The molecule has 0 unspecified atom stereocenters. The maximum Gasteiger partial charge on any atom is 0.236 e. The smallest absolute Gasteiger partial charge is 0.236 e. The van der Waals surface area contributed by atoms with Gasteiger partial charge in [-0.1, -0.05) is 6.92 Å². The Bertz CT molecular complexity index is 366. The van der Waals surface area contributed by atoms with Crippen LogP contribution in [0.5, 0.6) is 0 Å². The van der Waals surface area contributed by atoms with Crippen molar-refractivity contribution in [3.63, 3.8) is 0 Å². The van der Waals surface area contributed by atoms with Crippen LogP contribution in [0.25, 0.3) is 0 Å². The third-order valence-corrected chi connectivity index (χ3v) is 1.88. The molecule has 82 valence electrons. The topological polar surface area (TPSA) is 98.1 Å². The number of hydrogen-bond acceptors (Lipinski definition) is 5. The molecule has 6 nitrogen and oxygen atoms in total. The van der Waals surface area contributed by atoms with E-state index >= 15 is 0 Å². The molecule has 0 fully saturated rings. The van der Waals surface area contributed by atoms with E-state index in [-0.39, 0.29) is 6.54 Å². The van der Waals surface area contributed by atoms with Crippen LogP contribution in [0.1, 0.15) is 12.7 Å². The van der Waals surface area contributed by atoms with E-state index in [1.165, 1.54) is 0 Å². The fourth-order valence-electron chi connectivity index (χ4n) is 1.17. The Morgan fingerprint density at radius 2 is 2.20 bits per heavy atom. The number of rotatable bonds is 4. The van der Waals surface area contributed by atoms with Gasteiger partial charge in [-0.05, 0) is 0 Å². The van der Waals surface area contributed by atoms with Crippen LogP contribution in [0.3, 0.4) is 0 Å². The lowest BCUT2D eigenvalue weighted by molar-refractivity contribution is -0.116. The highest BCUT2D eigenvalue weighted by Crippen LogP contribution is 2.12. The molecule has 0 radical (unpaired) electrons. The van der Waals surface area contributed by atoms with Crippen molar-refractivity contribution < 1.29 is 4.79 Å². The van der Waals surface area contributed by atoms with Crippen molar-refractivity contribution in [2.75, 3.05) is 24.2 Å². The lowest BCUT2D eigenvalue weighted by Crippen LogP contribution is -2.31. The standard InChI is InChI=1S/C9H15N5O/c1-3-8-12-6(10)4-9(13-8)14(2)5-7(11)15/h4H,3,5H2,1-2H3,(H2,11,15)(H2,10,12,13). The number of nitrogen functional groups attached to an aromatic ring is 1. The number of hydrogen-bond donors (Lipinski definition) is 2. The van der Waals surface area contributed by atoms with Gasteiger partial charge in [0.2, 0.25) is 5.91 Å². The number of nitrogens with two attached hydrogens (primary N) is 2. The minimum absolute atomic E-state index is 0.111. The van der Waals surface area contributed by atoms with Gasteiger partial charge in [-0.3, -0.25) is 4.79 Å². The van der Waals surface area contributed by atoms with E-state index < -0.39 is 5.91 Å². The first kappa shape index (κ1) is 11.2. The van der Waals surface area contributed by atoms with Gasteiger partial charge in [0, 0.05) is 19.5 Å². The average molecular weight is 209 g/mol. The van der Waals surface area contributed by atoms with Crippen molar-refractivity contribution in [2.24, 2.45) is 5.73 Å². The van der Waals surface area contributed by atoms with Gasteiger partial charge in [-0.25, -0.2) is 9.97 Å². The van der Waals surface area contributed by atoms with Crippen molar-refractivity contribution in [3.05, 3.63) is 11.9 Å². The summed E-state index contributed by atoms with van der Waals surface area (Å²) in [6.45, 7) is 2.05. The first-order valence-electron chi connectivity index (χ1n) is 4.65. The largest absolute Gasteiger partial charge is 0.384 e. The van der Waals surface area contributed by atoms with Gasteiger partial charge in [0.1, 0.15) is 17.5 Å². The third kappa shape index (κ3) is 3.08. The minimum atomic E-state index is -0.410. The Morgan fingerprint density at radius 1 is 1.53 bits per heavy atom. The van der Waals surface area contributed by atoms with E-state index in [0.717, 1.165) is 0 Å². The highest BCUT2D eigenvalue weighted by atomic mass is 16.1. The number of likely N-dealkylation sites (N-methyl/N-ethyl adjacent to an activating group) is 1. The molecule has 0 aliphatic rings. The van der Waals surface area contributed by atoms with E-state index in [9.17, 15) is 4.79 Å². The second kappa shape index (κ2) is 4.59. The molecule has 4 N–H and O–H groups in total. The predicted octanol–water partition coefficient (Wildman–Crippen LogP) is -0.457. The fourth-order valence-corrected chi connectivity index (χ4v) is 1.17. The summed E-state index contributed by atoms with van der Waals surface area (Å²) >= 11 is 0. The zero-order valence-corrected chi connectivity index (χ0v) is 8.90. The summed E-state index contributed by atoms with van der Waals surface area (Å²) < 4.78 is 0. The Hall–Kier alpha value is -1.85. The van der Waals surface area contributed by atoms with E-state index in [0.29, 0.717) is 23.9 Å². The molecule has 0 spiro atoms. The van der Waals surface area contributed by atoms with Gasteiger partial charge < -0.3 is 16.4 Å². The van der Waals surface area contributed by atoms with Crippen molar-refractivity contribution in [2.45, 2.75) is 13.3 Å². The maximum atomic E-state index is 10.7. The number of amides is 1. The predicted molar refractivity (Wildman–Crippen MR) is 58.3 cm³/mol. The summed E-state index contributed by atoms with van der Waals surface area (Å²) in [7, 11) is 1.73. The van der Waals surface area contributed by atoms with Crippen molar-refractivity contribution in [3.8, 4) is 0 Å². The lowest BCUT2D eigenvalue weighted by Gasteiger charge is -2.16. The number of aryl methyl sites for hydroxylation is 1. The molecule has 0 aliphatic heterocycles. The van der Waals surface area contributed by atoms with E-state index in [2.05, 4.69) is 9.97 Å². The molecule has 1 heterocycles. The quantitative estimate of drug-likeness (QED) is 0.699. The van der Waals surface area contributed by atoms with Crippen LogP contribution in [0.2, 0.25) is 0 Å². The number of carbonyl (C=O) groups is 1. The molecule has 1 aromatic rings. The van der Waals surface area contributed by atoms with Gasteiger partial charge in [-0.2, -0.15) is 0 Å². The second-order valence-corrected chi connectivity index (χ2v) is 3.24. The molecule has 6 heteroatoms. The molecule has 0 atom stereocenters. The van der Waals surface area contributed by atoms with Gasteiger partial charge in [0.25, 0.3) is 0 Å². The average Bonchev–Trinajstić information content (AvgIpc) is 2.15. The van der Waals surface area contributed by atoms with Crippen LogP contribution in [-0.2, 0) is 11.2 Å². The zero-order valence-electron chi connectivity index (χ0n) is 8.90. The van der Waals surface area contributed by atoms with E-state index in [1.807, 2.05) is 6.92 Å². The lowest BCUT2D eigenvalue weighted by atomic mass is 10.4. The number of anilines is 2. The molecule has 1 aromatic heterocycles. The highest BCUT2D eigenvalue weighted by molar-refractivity contribution is 5.79. The molecule has 1 rings (SSSR count). The van der Waals surface area contributed by atoms with Gasteiger partial charge in [0.15, 0.2) is 0 Å². The number of aromatic nitrogens is 2. The molecular weight excluding hydrogens is 194 g/mol. The summed E-state index contributed by atoms with van der Waals surface area (Å²) in [4.78, 5) is 20.6. The van der Waals surface area contributed by atoms with Crippen LogP contribution in [-0.4, -0.2) is 29.5 Å². The summed E-state index contributed by atoms with van der Waals surface area (Å²) in [5.41, 5.74) is 10.7. The summed E-state index contributed by atoms with van der Waals surface area (Å²) in [6, 6.07) is 1.61. The fraction of sp³-hybridized carbons (Fsp3) is 0.444. The monoisotopic (exact) mass is 209 g/mol. The van der Waals surface area contributed by atoms with Gasteiger partial charge >= 0.3 is 0 Å². The minimum Gasteiger partial charge on any atom is -0.384 e. The van der Waals surface area contributed by atoms with Gasteiger partial charge in [0.05, 0.1) is 6.54 Å². The first-order valence-corrected chi connectivity index (χ1v) is 4.65. The second-order valence-electron chi connectivity index (χ2n) is 3.24. The molecular formula is C9H15N5O. The molecule has 0 saturated heterocycles. The molecule has 0 saturated carbocycles. The summed E-state index contributed by atoms with van der Waals surface area (Å²) in [6.07, 6.45) is 0.697. The SMILES string of the molecule is CCc1nc(N)cc(N(C)CC(N)=O)n1. The van der Waals surface area contributed by atoms with Crippen molar-refractivity contribution in [1.29, 1.82) is 0 Å². The molecule has 15 heavy (non-hydrogen) atoms. The van der Waals surface area contributed by atoms with Crippen LogP contribution in [0.4, 0.5) is 11.6 Å². The van der Waals surface area contributed by atoms with Crippen LogP contribution < -0.4 is 16.4 Å². The molecule has 0 bridgehead atoms. The van der Waals surface area contributed by atoms with Crippen LogP contribution >= 0.6 is 0 Å². The van der Waals surface area contributed by atoms with E-state index in [1.54, 1.807) is 18.0 Å². The normalized spacial score (nSPS) is 10.0. The number of nitrogens with zero attached hydrogens (tertiary/aromatic N) is 3. The molecule has 0 aromatic carbocycles. The Morgan fingerprint density at radius 3 is 2.73 bits per heavy atom. The summed E-state index contributed by atoms with van der Waals surface area (Å²) in [5, 5.41) is 0. The van der Waals surface area contributed by atoms with Crippen LogP contribution in [0, 0.1) is 0 Å². The summed E-state index contributed by atoms with van der Waals surface area (Å²) in [5.74, 6) is 1.25. The third-order valence-electron chi connectivity index (χ3n) is 1.88. The highest BCUT2D eigenvalue weighted by Gasteiger charge is 2.08. The Labute approximate surface area is 88.3 Å². The van der Waals surface area contributed by atoms with Crippen LogP contribution in [0.15, 0.2) is 6.07 Å². The number of primary amides is 1. The first-order chi connectivity index (χ1) is 7.02. The van der Waals surface area contributed by atoms with E-state index in [4.69, 9.17) is 11.5 Å².